The van der Waals surface area contributed by atoms with Crippen molar-refractivity contribution in [2.75, 3.05) is 0 Å². The standard InChI is InChI=1S/C28H29N3O3/c1-17-5-8-19(9-6-17)15-31-23-13-21(34-16-20-10-7-18(2)14-29-20)11-12-22(23)30-26(31)24-25(27(32)33)28(24,3)4/h5-14,24-25H,15-16H2,1-4H3,(H,32,33). The number of carboxylic acid groups (broad SMARTS) is 1. The lowest BCUT2D eigenvalue weighted by atomic mass is 10.1. The lowest BCUT2D eigenvalue weighted by Crippen LogP contribution is -2.07. The number of fused-ring (bicyclic) bond motifs is 1. The molecule has 1 N–H and O–H groups in total. The lowest BCUT2D eigenvalue weighted by Gasteiger charge is -2.12. The normalized spacial score (nSPS) is 18.7. The van der Waals surface area contributed by atoms with Gasteiger partial charge in [0.2, 0.25) is 0 Å². The van der Waals surface area contributed by atoms with Gasteiger partial charge in [0.1, 0.15) is 18.2 Å². The number of imidazole rings is 1. The van der Waals surface area contributed by atoms with Crippen LogP contribution in [-0.4, -0.2) is 25.6 Å². The third-order valence-corrected chi connectivity index (χ3v) is 6.94. The summed E-state index contributed by atoms with van der Waals surface area (Å²) >= 11 is 0. The van der Waals surface area contributed by atoms with E-state index < -0.39 is 11.9 Å². The van der Waals surface area contributed by atoms with E-state index in [0.717, 1.165) is 39.4 Å². The van der Waals surface area contributed by atoms with Gasteiger partial charge in [-0.1, -0.05) is 49.7 Å². The van der Waals surface area contributed by atoms with Crippen molar-refractivity contribution in [2.24, 2.45) is 11.3 Å². The van der Waals surface area contributed by atoms with Gasteiger partial charge in [-0.25, -0.2) is 4.98 Å². The molecule has 2 unspecified atom stereocenters. The Bertz CT molecular complexity index is 1350. The van der Waals surface area contributed by atoms with E-state index in [-0.39, 0.29) is 11.3 Å². The topological polar surface area (TPSA) is 77.2 Å². The molecule has 174 valence electrons. The highest BCUT2D eigenvalue weighted by Gasteiger charge is 2.64. The van der Waals surface area contributed by atoms with E-state index in [1.165, 1.54) is 5.56 Å². The molecule has 0 aliphatic heterocycles. The van der Waals surface area contributed by atoms with Crippen molar-refractivity contribution < 1.29 is 14.6 Å². The van der Waals surface area contributed by atoms with Gasteiger partial charge < -0.3 is 14.4 Å². The van der Waals surface area contributed by atoms with Gasteiger partial charge in [0, 0.05) is 24.7 Å². The third-order valence-electron chi connectivity index (χ3n) is 6.94. The van der Waals surface area contributed by atoms with Crippen molar-refractivity contribution >= 4 is 17.0 Å². The van der Waals surface area contributed by atoms with Crippen molar-refractivity contribution in [1.82, 2.24) is 14.5 Å². The highest BCUT2D eigenvalue weighted by molar-refractivity contribution is 5.81. The summed E-state index contributed by atoms with van der Waals surface area (Å²) in [5.41, 5.74) is 5.77. The average molecular weight is 456 g/mol. The van der Waals surface area contributed by atoms with Crippen LogP contribution in [0.4, 0.5) is 0 Å². The number of hydrogen-bond acceptors (Lipinski definition) is 4. The first-order chi connectivity index (χ1) is 16.2. The Hall–Kier alpha value is -3.67. The Kier molecular flexibility index (Phi) is 5.39. The third kappa shape index (κ3) is 4.04. The first-order valence-corrected chi connectivity index (χ1v) is 11.6. The second kappa shape index (κ2) is 8.28. The van der Waals surface area contributed by atoms with Crippen molar-refractivity contribution in [1.29, 1.82) is 0 Å². The predicted octanol–water partition coefficient (Wildman–Crippen LogP) is 5.50. The highest BCUT2D eigenvalue weighted by atomic mass is 16.5. The molecule has 2 atom stereocenters. The number of carboxylic acids is 1. The number of aliphatic carboxylic acids is 1. The Labute approximate surface area is 199 Å². The quantitative estimate of drug-likeness (QED) is 0.398. The fourth-order valence-corrected chi connectivity index (χ4v) is 4.81. The summed E-state index contributed by atoms with van der Waals surface area (Å²) in [6.45, 7) is 9.09. The first-order valence-electron chi connectivity index (χ1n) is 11.6. The number of ether oxygens (including phenoxy) is 1. The van der Waals surface area contributed by atoms with E-state index in [2.05, 4.69) is 40.7 Å². The highest BCUT2D eigenvalue weighted by Crippen LogP contribution is 2.64. The zero-order chi connectivity index (χ0) is 24.0. The van der Waals surface area contributed by atoms with Gasteiger partial charge in [0.25, 0.3) is 0 Å². The molecule has 2 aromatic heterocycles. The van der Waals surface area contributed by atoms with Crippen LogP contribution in [0.5, 0.6) is 5.75 Å². The zero-order valence-corrected chi connectivity index (χ0v) is 19.9. The maximum absolute atomic E-state index is 11.9. The van der Waals surface area contributed by atoms with Crippen molar-refractivity contribution in [3.63, 3.8) is 0 Å². The number of benzene rings is 2. The molecule has 2 heterocycles. The number of rotatable bonds is 7. The summed E-state index contributed by atoms with van der Waals surface area (Å²) in [7, 11) is 0. The monoisotopic (exact) mass is 455 g/mol. The van der Waals surface area contributed by atoms with Crippen LogP contribution in [0.1, 0.15) is 48.0 Å². The molecule has 0 bridgehead atoms. The molecular formula is C28H29N3O3. The van der Waals surface area contributed by atoms with Gasteiger partial charge in [-0.3, -0.25) is 9.78 Å². The predicted molar refractivity (Wildman–Crippen MR) is 131 cm³/mol. The molecule has 4 aromatic rings. The Morgan fingerprint density at radius 2 is 1.79 bits per heavy atom. The average Bonchev–Trinajstić information content (AvgIpc) is 3.22. The first kappa shape index (κ1) is 22.1. The van der Waals surface area contributed by atoms with Gasteiger partial charge in [-0.05, 0) is 48.6 Å². The van der Waals surface area contributed by atoms with Crippen molar-refractivity contribution in [2.45, 2.75) is 46.8 Å². The van der Waals surface area contributed by atoms with Crippen LogP contribution in [0.15, 0.2) is 60.8 Å². The summed E-state index contributed by atoms with van der Waals surface area (Å²) in [6.07, 6.45) is 1.83. The van der Waals surface area contributed by atoms with Gasteiger partial charge >= 0.3 is 5.97 Å². The molecular weight excluding hydrogens is 426 g/mol. The van der Waals surface area contributed by atoms with Gasteiger partial charge in [-0.15, -0.1) is 0 Å². The molecule has 0 saturated heterocycles. The van der Waals surface area contributed by atoms with Crippen LogP contribution >= 0.6 is 0 Å². The van der Waals surface area contributed by atoms with Crippen LogP contribution in [0.2, 0.25) is 0 Å². The second-order valence-electron chi connectivity index (χ2n) is 9.92. The Morgan fingerprint density at radius 3 is 2.44 bits per heavy atom. The fourth-order valence-electron chi connectivity index (χ4n) is 4.81. The maximum Gasteiger partial charge on any atom is 0.307 e. The maximum atomic E-state index is 11.9. The van der Waals surface area contributed by atoms with Gasteiger partial charge in [0.15, 0.2) is 0 Å². The van der Waals surface area contributed by atoms with Gasteiger partial charge in [0.05, 0.1) is 22.6 Å². The van der Waals surface area contributed by atoms with E-state index in [4.69, 9.17) is 9.72 Å². The molecule has 6 nitrogen and oxygen atoms in total. The Morgan fingerprint density at radius 1 is 1.06 bits per heavy atom. The number of aromatic nitrogens is 3. The zero-order valence-electron chi connectivity index (χ0n) is 19.9. The number of aryl methyl sites for hydroxylation is 2. The van der Waals surface area contributed by atoms with E-state index >= 15 is 0 Å². The molecule has 34 heavy (non-hydrogen) atoms. The number of hydrogen-bond donors (Lipinski definition) is 1. The largest absolute Gasteiger partial charge is 0.487 e. The molecule has 1 aliphatic rings. The molecule has 6 heteroatoms. The summed E-state index contributed by atoms with van der Waals surface area (Å²) in [6, 6.07) is 18.3. The summed E-state index contributed by atoms with van der Waals surface area (Å²) in [4.78, 5) is 21.2. The molecule has 0 spiro atoms. The number of nitrogens with zero attached hydrogens (tertiary/aromatic N) is 3. The second-order valence-corrected chi connectivity index (χ2v) is 9.92. The van der Waals surface area contributed by atoms with Crippen LogP contribution in [0, 0.1) is 25.2 Å². The SMILES string of the molecule is Cc1ccc(Cn2c(C3C(C(=O)O)C3(C)C)nc3ccc(OCc4ccc(C)cn4)cc32)cc1. The van der Waals surface area contributed by atoms with Crippen molar-refractivity contribution in [3.8, 4) is 5.75 Å². The van der Waals surface area contributed by atoms with Gasteiger partial charge in [-0.2, -0.15) is 0 Å². The minimum Gasteiger partial charge on any atom is -0.487 e. The molecule has 2 aromatic carbocycles. The summed E-state index contributed by atoms with van der Waals surface area (Å²) in [5, 5.41) is 9.78. The molecule has 5 rings (SSSR count). The van der Waals surface area contributed by atoms with E-state index in [0.29, 0.717) is 13.2 Å². The van der Waals surface area contributed by atoms with Crippen LogP contribution in [0.25, 0.3) is 11.0 Å². The molecule has 0 amide bonds. The van der Waals surface area contributed by atoms with Crippen LogP contribution in [-0.2, 0) is 17.9 Å². The van der Waals surface area contributed by atoms with E-state index in [9.17, 15) is 9.90 Å². The minimum absolute atomic E-state index is 0.135. The Balaban J connectivity index is 1.52. The van der Waals surface area contributed by atoms with Crippen LogP contribution < -0.4 is 4.74 Å². The number of carbonyl (C=O) groups is 1. The summed E-state index contributed by atoms with van der Waals surface area (Å²) in [5.74, 6) is 0.216. The molecule has 0 radical (unpaired) electrons. The fraction of sp³-hybridized carbons (Fsp3) is 0.321. The van der Waals surface area contributed by atoms with Crippen LogP contribution in [0.3, 0.4) is 0 Å². The lowest BCUT2D eigenvalue weighted by molar-refractivity contribution is -0.139. The molecule has 1 saturated carbocycles. The minimum atomic E-state index is -0.765. The molecule has 1 fully saturated rings. The van der Waals surface area contributed by atoms with Crippen molar-refractivity contribution in [3.05, 3.63) is 89.0 Å². The van der Waals surface area contributed by atoms with E-state index in [1.807, 2.05) is 57.3 Å². The smallest absolute Gasteiger partial charge is 0.307 e. The van der Waals surface area contributed by atoms with E-state index in [1.54, 1.807) is 0 Å². The molecule has 1 aliphatic carbocycles. The summed E-state index contributed by atoms with van der Waals surface area (Å²) < 4.78 is 8.21. The number of pyridine rings is 1.